The summed E-state index contributed by atoms with van der Waals surface area (Å²) in [5.74, 6) is 0.852. The number of benzene rings is 1. The average molecular weight is 292 g/mol. The average Bonchev–Trinajstić information content (AvgIpc) is 2.26. The van der Waals surface area contributed by atoms with Crippen molar-refractivity contribution in [2.45, 2.75) is 12.8 Å². The van der Waals surface area contributed by atoms with Crippen LogP contribution >= 0.6 is 11.6 Å². The van der Waals surface area contributed by atoms with Crippen molar-refractivity contribution in [2.24, 2.45) is 5.73 Å². The number of ether oxygens (including phenoxy) is 1. The van der Waals surface area contributed by atoms with E-state index in [1.807, 2.05) is 6.07 Å². The lowest BCUT2D eigenvalue weighted by atomic mass is 10.1. The molecule has 1 aromatic carbocycles. The normalized spacial score (nSPS) is 11.5. The molecule has 0 heterocycles. The van der Waals surface area contributed by atoms with Crippen molar-refractivity contribution in [2.75, 3.05) is 25.2 Å². The molecule has 0 aliphatic carbocycles. The minimum atomic E-state index is -2.93. The van der Waals surface area contributed by atoms with Gasteiger partial charge in [-0.3, -0.25) is 0 Å². The van der Waals surface area contributed by atoms with Crippen LogP contribution in [-0.2, 0) is 16.3 Å². The fourth-order valence-corrected chi connectivity index (χ4v) is 2.38. The molecular weight excluding hydrogens is 274 g/mol. The molecule has 6 heteroatoms. The van der Waals surface area contributed by atoms with Gasteiger partial charge in [-0.1, -0.05) is 11.6 Å². The molecule has 0 unspecified atom stereocenters. The van der Waals surface area contributed by atoms with E-state index in [-0.39, 0.29) is 5.75 Å². The highest BCUT2D eigenvalue weighted by Gasteiger charge is 2.06. The van der Waals surface area contributed by atoms with Crippen LogP contribution in [0, 0.1) is 0 Å². The lowest BCUT2D eigenvalue weighted by molar-refractivity contribution is 0.314. The Kier molecular flexibility index (Phi) is 5.91. The molecule has 0 aromatic heterocycles. The van der Waals surface area contributed by atoms with E-state index in [0.29, 0.717) is 31.0 Å². The first-order valence-corrected chi connectivity index (χ1v) is 8.15. The van der Waals surface area contributed by atoms with Crippen molar-refractivity contribution in [1.82, 2.24) is 0 Å². The molecule has 102 valence electrons. The van der Waals surface area contributed by atoms with E-state index >= 15 is 0 Å². The molecule has 4 nitrogen and oxygen atoms in total. The van der Waals surface area contributed by atoms with E-state index in [2.05, 4.69) is 0 Å². The first-order valence-electron chi connectivity index (χ1n) is 5.71. The smallest absolute Gasteiger partial charge is 0.147 e. The van der Waals surface area contributed by atoms with Crippen LogP contribution in [-0.4, -0.2) is 33.6 Å². The van der Waals surface area contributed by atoms with Gasteiger partial charge >= 0.3 is 0 Å². The fraction of sp³-hybridized carbons (Fsp3) is 0.500. The van der Waals surface area contributed by atoms with Crippen molar-refractivity contribution in [3.63, 3.8) is 0 Å². The Hall–Kier alpha value is -0.780. The van der Waals surface area contributed by atoms with Crippen LogP contribution in [0.2, 0.25) is 5.02 Å². The zero-order valence-corrected chi connectivity index (χ0v) is 11.9. The van der Waals surface area contributed by atoms with E-state index < -0.39 is 9.84 Å². The minimum Gasteiger partial charge on any atom is -0.493 e. The SMILES string of the molecule is CS(=O)(=O)CCCOc1ccc(Cl)cc1CCN. The summed E-state index contributed by atoms with van der Waals surface area (Å²) in [5, 5.41) is 0.641. The monoisotopic (exact) mass is 291 g/mol. The standard InChI is InChI=1S/C12H18ClNO3S/c1-18(15,16)8-2-7-17-12-4-3-11(13)9-10(12)5-6-14/h3-4,9H,2,5-8,14H2,1H3. The minimum absolute atomic E-state index is 0.132. The molecule has 0 saturated heterocycles. The van der Waals surface area contributed by atoms with Gasteiger partial charge in [-0.25, -0.2) is 8.42 Å². The Morgan fingerprint density at radius 1 is 1.39 bits per heavy atom. The third-order valence-corrected chi connectivity index (χ3v) is 3.62. The number of hydrogen-bond donors (Lipinski definition) is 1. The summed E-state index contributed by atoms with van der Waals surface area (Å²) >= 11 is 5.90. The highest BCUT2D eigenvalue weighted by molar-refractivity contribution is 7.90. The summed E-state index contributed by atoms with van der Waals surface area (Å²) in [7, 11) is -2.93. The van der Waals surface area contributed by atoms with Gasteiger partial charge in [-0.05, 0) is 43.1 Å². The summed E-state index contributed by atoms with van der Waals surface area (Å²) in [4.78, 5) is 0. The van der Waals surface area contributed by atoms with Crippen molar-refractivity contribution in [3.8, 4) is 5.75 Å². The van der Waals surface area contributed by atoms with Crippen LogP contribution < -0.4 is 10.5 Å². The highest BCUT2D eigenvalue weighted by atomic mass is 35.5. The quantitative estimate of drug-likeness (QED) is 0.776. The van der Waals surface area contributed by atoms with Crippen molar-refractivity contribution >= 4 is 21.4 Å². The van der Waals surface area contributed by atoms with Crippen LogP contribution in [0.5, 0.6) is 5.75 Å². The highest BCUT2D eigenvalue weighted by Crippen LogP contribution is 2.23. The molecule has 0 bridgehead atoms. The van der Waals surface area contributed by atoms with Crippen molar-refractivity contribution in [3.05, 3.63) is 28.8 Å². The zero-order valence-electron chi connectivity index (χ0n) is 10.4. The van der Waals surface area contributed by atoms with Gasteiger partial charge in [0.1, 0.15) is 15.6 Å². The molecule has 2 N–H and O–H groups in total. The number of sulfone groups is 1. The zero-order chi connectivity index (χ0) is 13.6. The lowest BCUT2D eigenvalue weighted by Crippen LogP contribution is -2.10. The van der Waals surface area contributed by atoms with Crippen LogP contribution in [0.25, 0.3) is 0 Å². The van der Waals surface area contributed by atoms with Gasteiger partial charge in [-0.15, -0.1) is 0 Å². The third kappa shape index (κ3) is 5.71. The van der Waals surface area contributed by atoms with Gasteiger partial charge in [0.2, 0.25) is 0 Å². The molecule has 0 aliphatic heterocycles. The first kappa shape index (κ1) is 15.3. The number of nitrogens with two attached hydrogens (primary N) is 1. The van der Waals surface area contributed by atoms with Crippen LogP contribution in [0.3, 0.4) is 0 Å². The molecule has 18 heavy (non-hydrogen) atoms. The topological polar surface area (TPSA) is 69.4 Å². The number of rotatable bonds is 7. The molecule has 0 saturated carbocycles. The van der Waals surface area contributed by atoms with Gasteiger partial charge in [-0.2, -0.15) is 0 Å². The van der Waals surface area contributed by atoms with Crippen molar-refractivity contribution in [1.29, 1.82) is 0 Å². The van der Waals surface area contributed by atoms with Crippen molar-refractivity contribution < 1.29 is 13.2 Å². The summed E-state index contributed by atoms with van der Waals surface area (Å²) in [5.41, 5.74) is 6.46. The molecule has 0 amide bonds. The van der Waals surface area contributed by atoms with Crippen LogP contribution in [0.1, 0.15) is 12.0 Å². The van der Waals surface area contributed by atoms with Crippen LogP contribution in [0.4, 0.5) is 0 Å². The Bertz CT molecular complexity index is 488. The summed E-state index contributed by atoms with van der Waals surface area (Å²) in [6.45, 7) is 0.881. The number of hydrogen-bond acceptors (Lipinski definition) is 4. The second-order valence-corrected chi connectivity index (χ2v) is 6.82. The molecule has 1 rings (SSSR count). The maximum absolute atomic E-state index is 11.0. The van der Waals surface area contributed by atoms with Gasteiger partial charge in [0.15, 0.2) is 0 Å². The molecular formula is C12H18ClNO3S. The summed E-state index contributed by atoms with van der Waals surface area (Å²) in [6.07, 6.45) is 2.38. The molecule has 0 spiro atoms. The van der Waals surface area contributed by atoms with Gasteiger partial charge in [0.25, 0.3) is 0 Å². The molecule has 0 atom stereocenters. The maximum Gasteiger partial charge on any atom is 0.147 e. The third-order valence-electron chi connectivity index (χ3n) is 2.35. The van der Waals surface area contributed by atoms with Crippen LogP contribution in [0.15, 0.2) is 18.2 Å². The number of halogens is 1. The Balaban J connectivity index is 2.56. The van der Waals surface area contributed by atoms with Gasteiger partial charge in [0, 0.05) is 11.3 Å². The molecule has 1 aromatic rings. The van der Waals surface area contributed by atoms with E-state index in [4.69, 9.17) is 22.1 Å². The van der Waals surface area contributed by atoms with E-state index in [9.17, 15) is 8.42 Å². The Morgan fingerprint density at radius 2 is 2.11 bits per heavy atom. The molecule has 0 aliphatic rings. The fourth-order valence-electron chi connectivity index (χ4n) is 1.54. The van der Waals surface area contributed by atoms with Gasteiger partial charge in [0.05, 0.1) is 12.4 Å². The second kappa shape index (κ2) is 6.97. The predicted molar refractivity (Wildman–Crippen MR) is 74.0 cm³/mol. The van der Waals surface area contributed by atoms with E-state index in [0.717, 1.165) is 11.3 Å². The Labute approximate surface area is 113 Å². The summed E-state index contributed by atoms with van der Waals surface area (Å²) < 4.78 is 27.5. The van der Waals surface area contributed by atoms with E-state index in [1.165, 1.54) is 6.26 Å². The predicted octanol–water partition coefficient (Wildman–Crippen LogP) is 1.65. The maximum atomic E-state index is 11.0. The largest absolute Gasteiger partial charge is 0.493 e. The summed E-state index contributed by atoms with van der Waals surface area (Å²) in [6, 6.07) is 5.35. The second-order valence-electron chi connectivity index (χ2n) is 4.12. The molecule has 0 fully saturated rings. The van der Waals surface area contributed by atoms with Gasteiger partial charge < -0.3 is 10.5 Å². The van der Waals surface area contributed by atoms with E-state index in [1.54, 1.807) is 12.1 Å². The Morgan fingerprint density at radius 3 is 2.72 bits per heavy atom. The first-order chi connectivity index (χ1) is 8.42. The molecule has 0 radical (unpaired) electrons. The lowest BCUT2D eigenvalue weighted by Gasteiger charge is -2.11.